The Morgan fingerprint density at radius 2 is 1.30 bits per heavy atom. The van der Waals surface area contributed by atoms with Crippen LogP contribution in [0.15, 0.2) is 152 Å². The van der Waals surface area contributed by atoms with E-state index in [2.05, 4.69) is 114 Å². The van der Waals surface area contributed by atoms with Crippen LogP contribution in [-0.2, 0) is 0 Å². The van der Waals surface area contributed by atoms with Gasteiger partial charge in [-0.1, -0.05) is 109 Å². The van der Waals surface area contributed by atoms with Gasteiger partial charge in [0.1, 0.15) is 0 Å². The molecule has 0 radical (unpaired) electrons. The molecule has 1 aliphatic rings. The van der Waals surface area contributed by atoms with Crippen molar-refractivity contribution in [2.24, 2.45) is 0 Å². The second kappa shape index (κ2) is 11.2. The van der Waals surface area contributed by atoms with Crippen molar-refractivity contribution in [1.82, 2.24) is 15.0 Å². The van der Waals surface area contributed by atoms with E-state index in [9.17, 15) is 0 Å². The Morgan fingerprint density at radius 1 is 0.545 bits per heavy atom. The van der Waals surface area contributed by atoms with Gasteiger partial charge in [-0.25, -0.2) is 9.97 Å². The third kappa shape index (κ3) is 4.79. The summed E-state index contributed by atoms with van der Waals surface area (Å²) in [6, 6.07) is 42.7. The van der Waals surface area contributed by atoms with Crippen molar-refractivity contribution >= 4 is 32.7 Å². The minimum Gasteiger partial charge on any atom is -0.264 e. The van der Waals surface area contributed by atoms with Crippen molar-refractivity contribution in [2.45, 2.75) is 12.8 Å². The molecular formula is C41H29N3. The average Bonchev–Trinajstić information content (AvgIpc) is 3.12. The van der Waals surface area contributed by atoms with Gasteiger partial charge >= 0.3 is 0 Å². The number of aromatic nitrogens is 3. The van der Waals surface area contributed by atoms with Crippen molar-refractivity contribution in [3.8, 4) is 33.6 Å². The van der Waals surface area contributed by atoms with Gasteiger partial charge in [0.2, 0.25) is 0 Å². The molecule has 208 valence electrons. The Balaban J connectivity index is 1.30. The number of allylic oxidation sites excluding steroid dienone is 4. The number of hydrogen-bond acceptors (Lipinski definition) is 3. The molecule has 0 amide bonds. The first kappa shape index (κ1) is 26.0. The van der Waals surface area contributed by atoms with Crippen LogP contribution in [0.4, 0.5) is 0 Å². The van der Waals surface area contributed by atoms with Gasteiger partial charge in [-0.15, -0.1) is 0 Å². The lowest BCUT2D eigenvalue weighted by atomic mass is 9.86. The highest BCUT2D eigenvalue weighted by atomic mass is 14.9. The van der Waals surface area contributed by atoms with Crippen LogP contribution in [0, 0.1) is 0 Å². The van der Waals surface area contributed by atoms with Crippen LogP contribution < -0.4 is 0 Å². The van der Waals surface area contributed by atoms with Crippen molar-refractivity contribution in [2.75, 3.05) is 0 Å². The van der Waals surface area contributed by atoms with Crippen LogP contribution in [0.3, 0.4) is 0 Å². The molecule has 0 atom stereocenters. The number of benzene rings is 5. The van der Waals surface area contributed by atoms with Gasteiger partial charge < -0.3 is 0 Å². The molecule has 5 aromatic carbocycles. The van der Waals surface area contributed by atoms with Gasteiger partial charge in [-0.05, 0) is 86.5 Å². The molecule has 3 nitrogen and oxygen atoms in total. The topological polar surface area (TPSA) is 38.7 Å². The maximum Gasteiger partial charge on any atom is 0.159 e. The highest BCUT2D eigenvalue weighted by Gasteiger charge is 2.19. The molecule has 0 spiro atoms. The molecule has 8 rings (SSSR count). The summed E-state index contributed by atoms with van der Waals surface area (Å²) < 4.78 is 0. The molecule has 1 aliphatic carbocycles. The van der Waals surface area contributed by atoms with Crippen LogP contribution >= 0.6 is 0 Å². The average molecular weight is 564 g/mol. The lowest BCUT2D eigenvalue weighted by Gasteiger charge is -2.19. The van der Waals surface area contributed by atoms with Gasteiger partial charge in [0.15, 0.2) is 5.82 Å². The van der Waals surface area contributed by atoms with Crippen molar-refractivity contribution in [3.05, 3.63) is 163 Å². The maximum atomic E-state index is 5.25. The molecule has 7 aromatic rings. The molecule has 0 fully saturated rings. The Bertz CT molecular complexity index is 2210. The van der Waals surface area contributed by atoms with Gasteiger partial charge in [0, 0.05) is 35.3 Å². The fourth-order valence-electron chi connectivity index (χ4n) is 6.34. The minimum absolute atomic E-state index is 0.727. The van der Waals surface area contributed by atoms with Crippen molar-refractivity contribution in [3.63, 3.8) is 0 Å². The lowest BCUT2D eigenvalue weighted by Crippen LogP contribution is -2.01. The summed E-state index contributed by atoms with van der Waals surface area (Å²) in [4.78, 5) is 14.4. The van der Waals surface area contributed by atoms with Crippen LogP contribution in [0.2, 0.25) is 0 Å². The third-order valence-corrected chi connectivity index (χ3v) is 8.48. The van der Waals surface area contributed by atoms with E-state index >= 15 is 0 Å². The Morgan fingerprint density at radius 3 is 2.16 bits per heavy atom. The summed E-state index contributed by atoms with van der Waals surface area (Å²) in [5.41, 5.74) is 10.0. The second-order valence-corrected chi connectivity index (χ2v) is 11.2. The highest BCUT2D eigenvalue weighted by Crippen LogP contribution is 2.40. The predicted octanol–water partition coefficient (Wildman–Crippen LogP) is 10.4. The van der Waals surface area contributed by atoms with Gasteiger partial charge in [0.25, 0.3) is 0 Å². The number of pyridine rings is 1. The minimum atomic E-state index is 0.727. The van der Waals surface area contributed by atoms with E-state index < -0.39 is 0 Å². The lowest BCUT2D eigenvalue weighted by molar-refractivity contribution is 1.05. The van der Waals surface area contributed by atoms with Crippen LogP contribution in [-0.4, -0.2) is 15.0 Å². The standard InChI is InChI=1S/C41H29N3/c1-2-11-28(12-3-1)41-43-27-39(31-16-8-14-29(23-31)34-18-10-22-42-26-34)40(44-41)33-17-9-15-30(24-33)38-25-32-13-4-5-19-35(32)36-20-6-7-21-37(36)38/h1-8,10-14,16-27H,9,15H2. The number of nitrogens with zero attached hydrogens (tertiary/aromatic N) is 3. The third-order valence-electron chi connectivity index (χ3n) is 8.48. The van der Waals surface area contributed by atoms with E-state index in [1.54, 1.807) is 6.20 Å². The Hall–Kier alpha value is -5.67. The van der Waals surface area contributed by atoms with E-state index in [1.165, 1.54) is 32.7 Å². The summed E-state index contributed by atoms with van der Waals surface area (Å²) in [7, 11) is 0. The number of fused-ring (bicyclic) bond motifs is 3. The van der Waals surface area contributed by atoms with E-state index in [1.807, 2.05) is 36.7 Å². The molecule has 0 saturated heterocycles. The van der Waals surface area contributed by atoms with Crippen LogP contribution in [0.5, 0.6) is 0 Å². The van der Waals surface area contributed by atoms with E-state index in [-0.39, 0.29) is 0 Å². The molecule has 0 unspecified atom stereocenters. The predicted molar refractivity (Wildman–Crippen MR) is 183 cm³/mol. The normalized spacial score (nSPS) is 13.1. The molecule has 0 saturated carbocycles. The molecule has 0 bridgehead atoms. The first-order chi connectivity index (χ1) is 21.8. The van der Waals surface area contributed by atoms with E-state index in [0.29, 0.717) is 0 Å². The smallest absolute Gasteiger partial charge is 0.159 e. The monoisotopic (exact) mass is 563 g/mol. The summed E-state index contributed by atoms with van der Waals surface area (Å²) >= 11 is 0. The molecule has 2 aromatic heterocycles. The zero-order valence-electron chi connectivity index (χ0n) is 24.2. The zero-order chi connectivity index (χ0) is 29.3. The molecule has 3 heteroatoms. The second-order valence-electron chi connectivity index (χ2n) is 11.2. The largest absolute Gasteiger partial charge is 0.264 e. The van der Waals surface area contributed by atoms with E-state index in [4.69, 9.17) is 9.97 Å². The van der Waals surface area contributed by atoms with Gasteiger partial charge in [-0.3, -0.25) is 4.98 Å². The Labute approximate surface area is 256 Å². The van der Waals surface area contributed by atoms with Crippen molar-refractivity contribution in [1.29, 1.82) is 0 Å². The number of rotatable bonds is 5. The highest BCUT2D eigenvalue weighted by molar-refractivity contribution is 6.12. The van der Waals surface area contributed by atoms with Crippen LogP contribution in [0.25, 0.3) is 66.3 Å². The summed E-state index contributed by atoms with van der Waals surface area (Å²) in [5.74, 6) is 0.727. The first-order valence-corrected chi connectivity index (χ1v) is 15.1. The molecular weight excluding hydrogens is 534 g/mol. The van der Waals surface area contributed by atoms with Crippen LogP contribution in [0.1, 0.15) is 24.1 Å². The fourth-order valence-corrected chi connectivity index (χ4v) is 6.34. The maximum absolute atomic E-state index is 5.25. The zero-order valence-corrected chi connectivity index (χ0v) is 24.2. The molecule has 0 N–H and O–H groups in total. The van der Waals surface area contributed by atoms with Gasteiger partial charge in [-0.2, -0.15) is 0 Å². The summed E-state index contributed by atoms with van der Waals surface area (Å²) in [6.45, 7) is 0. The SMILES string of the molecule is C1=C(c2nc(-c3ccccc3)ncc2-c2cccc(-c3cccnc3)c2)C=C(c2cc3ccccc3c3ccccc23)CC1. The fraction of sp³-hybridized carbons (Fsp3) is 0.0488. The number of hydrogen-bond donors (Lipinski definition) is 0. The van der Waals surface area contributed by atoms with E-state index in [0.717, 1.165) is 57.8 Å². The Kier molecular flexibility index (Phi) is 6.62. The molecule has 2 heterocycles. The molecule has 0 aliphatic heterocycles. The summed E-state index contributed by atoms with van der Waals surface area (Å²) in [6.07, 6.45) is 12.3. The van der Waals surface area contributed by atoms with Gasteiger partial charge in [0.05, 0.1) is 5.69 Å². The molecule has 44 heavy (non-hydrogen) atoms. The quantitative estimate of drug-likeness (QED) is 0.196. The first-order valence-electron chi connectivity index (χ1n) is 15.1. The summed E-state index contributed by atoms with van der Waals surface area (Å²) in [5, 5.41) is 5.13. The van der Waals surface area contributed by atoms with Crippen molar-refractivity contribution < 1.29 is 0 Å².